The Morgan fingerprint density at radius 3 is 2.38 bits per heavy atom. The third-order valence-electron chi connectivity index (χ3n) is 7.19. The molecule has 216 valence electrons. The fraction of sp³-hybridized carbons (Fsp3) is 0.242. The van der Waals surface area contributed by atoms with Gasteiger partial charge in [-0.05, 0) is 55.9 Å². The molecule has 1 heterocycles. The van der Waals surface area contributed by atoms with Crippen molar-refractivity contribution < 1.29 is 23.4 Å². The van der Waals surface area contributed by atoms with Gasteiger partial charge in [-0.15, -0.1) is 0 Å². The minimum Gasteiger partial charge on any atom is -0.494 e. The van der Waals surface area contributed by atoms with Crippen LogP contribution >= 0.6 is 0 Å². The van der Waals surface area contributed by atoms with E-state index in [9.17, 15) is 13.6 Å². The molecule has 0 aromatic heterocycles. The molecule has 0 bridgehead atoms. The topological polar surface area (TPSA) is 131 Å². The average Bonchev–Trinajstić information content (AvgIpc) is 3.30. The summed E-state index contributed by atoms with van der Waals surface area (Å²) < 4.78 is 34.3. The van der Waals surface area contributed by atoms with Crippen molar-refractivity contribution in [3.8, 4) is 28.1 Å². The van der Waals surface area contributed by atoms with Crippen LogP contribution in [0.15, 0.2) is 60.8 Å². The summed E-state index contributed by atoms with van der Waals surface area (Å²) in [5, 5.41) is 34.2. The van der Waals surface area contributed by atoms with Crippen LogP contribution in [0.3, 0.4) is 0 Å². The summed E-state index contributed by atoms with van der Waals surface area (Å²) in [6.45, 7) is 1.89. The van der Waals surface area contributed by atoms with Gasteiger partial charge in [0.15, 0.2) is 11.6 Å². The molecule has 4 rings (SSSR count). The number of nitrogens with zero attached hydrogens (tertiary/aromatic N) is 1. The predicted molar refractivity (Wildman–Crippen MR) is 160 cm³/mol. The zero-order chi connectivity index (χ0) is 30.4. The van der Waals surface area contributed by atoms with Gasteiger partial charge >= 0.3 is 0 Å². The van der Waals surface area contributed by atoms with Gasteiger partial charge in [-0.3, -0.25) is 15.2 Å². The lowest BCUT2D eigenvalue weighted by atomic mass is 9.91. The number of ketones is 1. The number of aryl methyl sites for hydroxylation is 1. The SMILES string of the molecule is CCc1cc(C(=N)c2ccccc3c(-c4ccc(OC)c(F)c4F)cnc2-3)ccc1C(=O)C(=N)CCC(=N)CCCO. The highest BCUT2D eigenvalue weighted by Crippen LogP contribution is 2.38. The lowest BCUT2D eigenvalue weighted by Gasteiger charge is -2.13. The van der Waals surface area contributed by atoms with Gasteiger partial charge in [-0.25, -0.2) is 4.39 Å². The molecular formula is C33H32F2N4O3. The van der Waals surface area contributed by atoms with Crippen molar-refractivity contribution >= 4 is 22.9 Å². The van der Waals surface area contributed by atoms with E-state index >= 15 is 0 Å². The molecule has 0 radical (unpaired) electrons. The number of carbonyl (C=O) groups excluding carboxylic acids is 1. The number of rotatable bonds is 13. The van der Waals surface area contributed by atoms with Crippen molar-refractivity contribution in [3.05, 3.63) is 94.7 Å². The third-order valence-corrected chi connectivity index (χ3v) is 7.19. The molecule has 0 fully saturated rings. The molecule has 0 atom stereocenters. The summed E-state index contributed by atoms with van der Waals surface area (Å²) in [6.07, 6.45) is 3.31. The lowest BCUT2D eigenvalue weighted by Crippen LogP contribution is -2.17. The molecule has 0 saturated carbocycles. The number of hydrogen-bond acceptors (Lipinski definition) is 7. The van der Waals surface area contributed by atoms with Crippen LogP contribution in [-0.2, 0) is 6.42 Å². The van der Waals surface area contributed by atoms with Gasteiger partial charge < -0.3 is 20.7 Å². The van der Waals surface area contributed by atoms with Gasteiger partial charge in [0, 0.05) is 51.9 Å². The second-order valence-electron chi connectivity index (χ2n) is 9.85. The number of carbonyl (C=O) groups is 1. The number of fused-ring (bicyclic) bond motifs is 1. The Morgan fingerprint density at radius 1 is 0.905 bits per heavy atom. The summed E-state index contributed by atoms with van der Waals surface area (Å²) in [4.78, 5) is 17.6. The van der Waals surface area contributed by atoms with Crippen molar-refractivity contribution in [2.75, 3.05) is 13.7 Å². The van der Waals surface area contributed by atoms with Crippen LogP contribution in [0.1, 0.15) is 59.7 Å². The van der Waals surface area contributed by atoms with Crippen LogP contribution in [0.25, 0.3) is 22.4 Å². The number of aliphatic hydroxyl groups is 1. The zero-order valence-corrected chi connectivity index (χ0v) is 23.5. The summed E-state index contributed by atoms with van der Waals surface area (Å²) in [7, 11) is 1.26. The fourth-order valence-electron chi connectivity index (χ4n) is 4.86. The van der Waals surface area contributed by atoms with Crippen LogP contribution < -0.4 is 4.74 Å². The number of halogens is 2. The highest BCUT2D eigenvalue weighted by Gasteiger charge is 2.24. The number of Topliss-reactive ketones (excluding diaryl/α,β-unsaturated/α-hetero) is 1. The number of nitrogens with one attached hydrogen (secondary N) is 3. The Balaban J connectivity index is 1.62. The zero-order valence-electron chi connectivity index (χ0n) is 23.5. The highest BCUT2D eigenvalue weighted by atomic mass is 19.2. The Morgan fingerprint density at radius 2 is 1.67 bits per heavy atom. The smallest absolute Gasteiger partial charge is 0.206 e. The van der Waals surface area contributed by atoms with Gasteiger partial charge in [-0.1, -0.05) is 43.3 Å². The maximum atomic E-state index is 15.0. The quantitative estimate of drug-likeness (QED) is 0.103. The van der Waals surface area contributed by atoms with E-state index in [0.29, 0.717) is 64.0 Å². The summed E-state index contributed by atoms with van der Waals surface area (Å²) >= 11 is 0. The Hall–Kier alpha value is -4.63. The van der Waals surface area contributed by atoms with Crippen LogP contribution in [-0.4, -0.2) is 46.7 Å². The molecule has 0 amide bonds. The second-order valence-corrected chi connectivity index (χ2v) is 9.85. The molecule has 0 saturated heterocycles. The molecule has 42 heavy (non-hydrogen) atoms. The molecular weight excluding hydrogens is 538 g/mol. The van der Waals surface area contributed by atoms with E-state index in [4.69, 9.17) is 26.1 Å². The molecule has 7 nitrogen and oxygen atoms in total. The first-order valence-corrected chi connectivity index (χ1v) is 13.6. The first-order valence-electron chi connectivity index (χ1n) is 13.6. The van der Waals surface area contributed by atoms with E-state index in [1.165, 1.54) is 25.4 Å². The third kappa shape index (κ3) is 6.16. The molecule has 2 aromatic carbocycles. The molecule has 1 aliphatic heterocycles. The minimum atomic E-state index is -1.09. The van der Waals surface area contributed by atoms with E-state index in [1.807, 2.05) is 6.92 Å². The number of ether oxygens (including phenoxy) is 1. The van der Waals surface area contributed by atoms with E-state index in [2.05, 4.69) is 4.98 Å². The first kappa shape index (κ1) is 30.3. The molecule has 2 aliphatic rings. The summed E-state index contributed by atoms with van der Waals surface area (Å²) in [5.74, 6) is -2.75. The van der Waals surface area contributed by atoms with Gasteiger partial charge in [0.2, 0.25) is 11.6 Å². The predicted octanol–water partition coefficient (Wildman–Crippen LogP) is 6.89. The maximum Gasteiger partial charge on any atom is 0.206 e. The number of methoxy groups -OCH3 is 1. The lowest BCUT2D eigenvalue weighted by molar-refractivity contribution is 0.106. The highest BCUT2D eigenvalue weighted by molar-refractivity contribution is 6.45. The van der Waals surface area contributed by atoms with Crippen LogP contribution in [0.2, 0.25) is 0 Å². The average molecular weight is 571 g/mol. The molecule has 4 N–H and O–H groups in total. The molecule has 0 unspecified atom stereocenters. The standard InChI is InChI=1S/C33H32F2N4O3/c1-3-19-17-20(10-12-22(19)33(41)27(37)14-11-21(36)7-6-16-40)31(38)25-9-5-4-8-24-26(18-39-32(24)25)23-13-15-28(42-2)30(35)29(23)34/h4-5,8-10,12-13,15,17-18,36-38,40H,3,6-7,11,14,16H2,1-2H3. The number of aliphatic hydroxyl groups excluding tert-OH is 1. The van der Waals surface area contributed by atoms with E-state index < -0.39 is 17.4 Å². The summed E-state index contributed by atoms with van der Waals surface area (Å²) in [5.41, 5.74) is 3.94. The largest absolute Gasteiger partial charge is 0.494 e. The molecule has 2 aromatic rings. The monoisotopic (exact) mass is 570 g/mol. The van der Waals surface area contributed by atoms with Crippen LogP contribution in [0, 0.1) is 27.9 Å². The molecule has 0 spiro atoms. The van der Waals surface area contributed by atoms with E-state index in [-0.39, 0.29) is 42.2 Å². The van der Waals surface area contributed by atoms with Crippen molar-refractivity contribution in [2.24, 2.45) is 0 Å². The van der Waals surface area contributed by atoms with Crippen molar-refractivity contribution in [3.63, 3.8) is 0 Å². The van der Waals surface area contributed by atoms with E-state index in [1.54, 1.807) is 42.5 Å². The van der Waals surface area contributed by atoms with Gasteiger partial charge in [0.05, 0.1) is 24.2 Å². The van der Waals surface area contributed by atoms with Crippen LogP contribution in [0.4, 0.5) is 8.78 Å². The van der Waals surface area contributed by atoms with Gasteiger partial charge in [-0.2, -0.15) is 4.39 Å². The molecule has 1 aliphatic carbocycles. The Bertz CT molecular complexity index is 1650. The van der Waals surface area contributed by atoms with Crippen LogP contribution in [0.5, 0.6) is 5.75 Å². The number of aromatic nitrogens is 1. The van der Waals surface area contributed by atoms with Crippen molar-refractivity contribution in [1.29, 1.82) is 16.2 Å². The van der Waals surface area contributed by atoms with Crippen molar-refractivity contribution in [2.45, 2.75) is 39.0 Å². The van der Waals surface area contributed by atoms with Gasteiger partial charge in [0.25, 0.3) is 0 Å². The second kappa shape index (κ2) is 13.4. The minimum absolute atomic E-state index is 0.00299. The normalized spacial score (nSPS) is 11.0. The number of benzene rings is 2. The Labute approximate surface area is 243 Å². The van der Waals surface area contributed by atoms with Gasteiger partial charge in [0.1, 0.15) is 0 Å². The number of hydrogen-bond donors (Lipinski definition) is 4. The van der Waals surface area contributed by atoms with E-state index in [0.717, 1.165) is 0 Å². The van der Waals surface area contributed by atoms with Crippen molar-refractivity contribution in [1.82, 2.24) is 4.98 Å². The Kier molecular flexibility index (Phi) is 9.64. The molecule has 9 heteroatoms. The first-order chi connectivity index (χ1) is 20.2. The fourth-order valence-corrected chi connectivity index (χ4v) is 4.86. The maximum absolute atomic E-state index is 15.0. The summed E-state index contributed by atoms with van der Waals surface area (Å²) in [6, 6.07) is 14.8.